The number of nitrogens with zero attached hydrogens (tertiary/aromatic N) is 3. The first kappa shape index (κ1) is 16.2. The third-order valence-electron chi connectivity index (χ3n) is 5.12. The minimum Gasteiger partial charge on any atom is -0.380 e. The first-order valence-corrected chi connectivity index (χ1v) is 8.56. The van der Waals surface area contributed by atoms with Gasteiger partial charge in [0.15, 0.2) is 0 Å². The molecule has 0 bridgehead atoms. The van der Waals surface area contributed by atoms with E-state index in [4.69, 9.17) is 9.26 Å². The van der Waals surface area contributed by atoms with Crippen molar-refractivity contribution in [3.05, 3.63) is 47.6 Å². The molecule has 2 fully saturated rings. The zero-order chi connectivity index (χ0) is 17.3. The van der Waals surface area contributed by atoms with Gasteiger partial charge in [-0.15, -0.1) is 0 Å². The molecule has 1 N–H and O–H groups in total. The van der Waals surface area contributed by atoms with Crippen molar-refractivity contribution in [1.29, 1.82) is 0 Å². The average Bonchev–Trinajstić information content (AvgIpc) is 3.28. The Balaban J connectivity index is 1.42. The summed E-state index contributed by atoms with van der Waals surface area (Å²) in [6.07, 6.45) is 1.73. The van der Waals surface area contributed by atoms with Crippen LogP contribution in [0.1, 0.15) is 17.1 Å². The van der Waals surface area contributed by atoms with Gasteiger partial charge in [0.05, 0.1) is 36.6 Å². The molecular formula is C18H22N4O3. The summed E-state index contributed by atoms with van der Waals surface area (Å²) in [4.78, 5) is 19.5. The van der Waals surface area contributed by atoms with E-state index in [-0.39, 0.29) is 11.8 Å². The lowest BCUT2D eigenvalue weighted by Crippen LogP contribution is -2.46. The number of ether oxygens (including phenoxy) is 1. The number of aromatic nitrogens is 2. The first-order chi connectivity index (χ1) is 12.2. The number of hydrogen-bond donors (Lipinski definition) is 1. The fraction of sp³-hybridized carbons (Fsp3) is 0.500. The fourth-order valence-electron chi connectivity index (χ4n) is 3.85. The van der Waals surface area contributed by atoms with Gasteiger partial charge in [-0.3, -0.25) is 14.7 Å². The van der Waals surface area contributed by atoms with Crippen LogP contribution >= 0.6 is 0 Å². The maximum atomic E-state index is 12.9. The summed E-state index contributed by atoms with van der Waals surface area (Å²) in [7, 11) is 0. The van der Waals surface area contributed by atoms with Gasteiger partial charge in [0, 0.05) is 37.8 Å². The number of carbonyl (C=O) groups excluding carboxylic acids is 1. The van der Waals surface area contributed by atoms with Gasteiger partial charge in [-0.1, -0.05) is 11.2 Å². The second-order valence-electron chi connectivity index (χ2n) is 6.97. The van der Waals surface area contributed by atoms with E-state index in [2.05, 4.69) is 20.4 Å². The number of hydrogen-bond acceptors (Lipinski definition) is 6. The van der Waals surface area contributed by atoms with Gasteiger partial charge < -0.3 is 14.6 Å². The van der Waals surface area contributed by atoms with Crippen LogP contribution in [0, 0.1) is 18.3 Å². The lowest BCUT2D eigenvalue weighted by Gasteiger charge is -2.25. The van der Waals surface area contributed by atoms with Crippen LogP contribution in [0.4, 0.5) is 0 Å². The van der Waals surface area contributed by atoms with Gasteiger partial charge in [-0.05, 0) is 19.1 Å². The first-order valence-electron chi connectivity index (χ1n) is 8.56. The summed E-state index contributed by atoms with van der Waals surface area (Å²) in [6.45, 7) is 5.64. The second kappa shape index (κ2) is 6.57. The molecule has 0 saturated carbocycles. The summed E-state index contributed by atoms with van der Waals surface area (Å²) in [5, 5.41) is 7.11. The molecule has 7 nitrogen and oxygen atoms in total. The van der Waals surface area contributed by atoms with E-state index in [0.29, 0.717) is 32.8 Å². The van der Waals surface area contributed by atoms with E-state index in [9.17, 15) is 4.79 Å². The van der Waals surface area contributed by atoms with Gasteiger partial charge in [0.25, 0.3) is 0 Å². The molecular weight excluding hydrogens is 320 g/mol. The molecule has 2 aromatic rings. The van der Waals surface area contributed by atoms with Crippen molar-refractivity contribution in [1.82, 2.24) is 20.4 Å². The summed E-state index contributed by atoms with van der Waals surface area (Å²) in [5.74, 6) is 1.07. The third-order valence-corrected chi connectivity index (χ3v) is 5.12. The minimum atomic E-state index is -0.479. The molecule has 0 radical (unpaired) electrons. The van der Waals surface area contributed by atoms with Gasteiger partial charge >= 0.3 is 0 Å². The van der Waals surface area contributed by atoms with Crippen LogP contribution in [0.25, 0.3) is 0 Å². The van der Waals surface area contributed by atoms with E-state index in [1.165, 1.54) is 0 Å². The Morgan fingerprint density at radius 1 is 1.44 bits per heavy atom. The van der Waals surface area contributed by atoms with Crippen LogP contribution in [0.15, 0.2) is 35.0 Å². The predicted molar refractivity (Wildman–Crippen MR) is 89.3 cm³/mol. The smallest absolute Gasteiger partial charge is 0.230 e. The van der Waals surface area contributed by atoms with Crippen molar-refractivity contribution < 1.29 is 14.1 Å². The summed E-state index contributed by atoms with van der Waals surface area (Å²) < 4.78 is 10.8. The number of fused-ring (bicyclic) bond motifs is 1. The Bertz CT molecular complexity index is 748. The highest BCUT2D eigenvalue weighted by atomic mass is 16.5. The van der Waals surface area contributed by atoms with Gasteiger partial charge in [0.2, 0.25) is 5.91 Å². The molecule has 4 heterocycles. The molecule has 0 aliphatic carbocycles. The maximum Gasteiger partial charge on any atom is 0.230 e. The molecule has 2 aromatic heterocycles. The molecule has 132 valence electrons. The van der Waals surface area contributed by atoms with Crippen LogP contribution in [0.5, 0.6) is 0 Å². The quantitative estimate of drug-likeness (QED) is 0.878. The molecule has 2 aliphatic rings. The highest BCUT2D eigenvalue weighted by Crippen LogP contribution is 2.42. The summed E-state index contributed by atoms with van der Waals surface area (Å²) in [6, 6.07) is 7.64. The maximum absolute atomic E-state index is 12.9. The Morgan fingerprint density at radius 3 is 3.12 bits per heavy atom. The molecule has 2 saturated heterocycles. The second-order valence-corrected chi connectivity index (χ2v) is 6.97. The van der Waals surface area contributed by atoms with E-state index >= 15 is 0 Å². The Hall–Kier alpha value is -2.25. The summed E-state index contributed by atoms with van der Waals surface area (Å²) >= 11 is 0. The zero-order valence-electron chi connectivity index (χ0n) is 14.3. The molecule has 25 heavy (non-hydrogen) atoms. The van der Waals surface area contributed by atoms with Gasteiger partial charge in [0.1, 0.15) is 5.76 Å². The number of pyridine rings is 1. The van der Waals surface area contributed by atoms with E-state index < -0.39 is 5.41 Å². The Morgan fingerprint density at radius 2 is 2.36 bits per heavy atom. The van der Waals surface area contributed by atoms with E-state index in [0.717, 1.165) is 23.7 Å². The van der Waals surface area contributed by atoms with Crippen molar-refractivity contribution in [3.8, 4) is 0 Å². The van der Waals surface area contributed by atoms with Crippen LogP contribution in [0.3, 0.4) is 0 Å². The number of carbonyl (C=O) groups is 1. The molecule has 1 amide bonds. The van der Waals surface area contributed by atoms with Crippen LogP contribution in [-0.4, -0.2) is 47.3 Å². The molecule has 0 unspecified atom stereocenters. The van der Waals surface area contributed by atoms with Crippen molar-refractivity contribution in [3.63, 3.8) is 0 Å². The van der Waals surface area contributed by atoms with Crippen molar-refractivity contribution >= 4 is 5.91 Å². The standard InChI is InChI=1S/C18H22N4O3/c1-13-6-16(21-25-13)9-22-8-14-10-24-12-18(14,11-22)17(23)20-7-15-4-2-3-5-19-15/h2-6,14H,7-12H2,1H3,(H,20,23)/t14-,18-/m1/s1. The predicted octanol–water partition coefficient (Wildman–Crippen LogP) is 1.14. The van der Waals surface area contributed by atoms with Gasteiger partial charge in [-0.25, -0.2) is 0 Å². The van der Waals surface area contributed by atoms with Crippen LogP contribution in [0.2, 0.25) is 0 Å². The number of nitrogens with one attached hydrogen (secondary N) is 1. The highest BCUT2D eigenvalue weighted by Gasteiger charge is 2.55. The SMILES string of the molecule is Cc1cc(CN2C[C@@H]3COC[C@]3(C(=O)NCc3ccccn3)C2)no1. The largest absolute Gasteiger partial charge is 0.380 e. The van der Waals surface area contributed by atoms with Crippen molar-refractivity contribution in [2.24, 2.45) is 11.3 Å². The minimum absolute atomic E-state index is 0.0551. The average molecular weight is 342 g/mol. The highest BCUT2D eigenvalue weighted by molar-refractivity contribution is 5.84. The Kier molecular flexibility index (Phi) is 4.27. The van der Waals surface area contributed by atoms with Crippen LogP contribution in [-0.2, 0) is 22.6 Å². The molecule has 4 rings (SSSR count). The topological polar surface area (TPSA) is 80.5 Å². The molecule has 7 heteroatoms. The molecule has 2 atom stereocenters. The fourth-order valence-corrected chi connectivity index (χ4v) is 3.85. The third kappa shape index (κ3) is 3.17. The molecule has 0 aromatic carbocycles. The van der Waals surface area contributed by atoms with Gasteiger partial charge in [-0.2, -0.15) is 0 Å². The lowest BCUT2D eigenvalue weighted by molar-refractivity contribution is -0.131. The molecule has 0 spiro atoms. The summed E-state index contributed by atoms with van der Waals surface area (Å²) in [5.41, 5.74) is 1.28. The Labute approximate surface area is 146 Å². The van der Waals surface area contributed by atoms with E-state index in [1.807, 2.05) is 31.2 Å². The number of amides is 1. The zero-order valence-corrected chi connectivity index (χ0v) is 14.3. The van der Waals surface area contributed by atoms with E-state index in [1.54, 1.807) is 6.20 Å². The van der Waals surface area contributed by atoms with Crippen molar-refractivity contribution in [2.45, 2.75) is 20.0 Å². The van der Waals surface area contributed by atoms with Crippen LogP contribution < -0.4 is 5.32 Å². The number of aryl methyl sites for hydroxylation is 1. The molecule has 2 aliphatic heterocycles. The normalized spacial score (nSPS) is 25.9. The van der Waals surface area contributed by atoms with Crippen molar-refractivity contribution in [2.75, 3.05) is 26.3 Å². The number of rotatable bonds is 5. The lowest BCUT2D eigenvalue weighted by atomic mass is 9.80. The number of likely N-dealkylation sites (tertiary alicyclic amines) is 1. The monoisotopic (exact) mass is 342 g/mol.